The van der Waals surface area contributed by atoms with E-state index in [-0.39, 0.29) is 0 Å². The van der Waals surface area contributed by atoms with E-state index < -0.39 is 0 Å². The van der Waals surface area contributed by atoms with Gasteiger partial charge in [-0.1, -0.05) is 92.4 Å². The van der Waals surface area contributed by atoms with E-state index in [1.165, 1.54) is 77.0 Å². The predicted octanol–water partition coefficient (Wildman–Crippen LogP) is 7.62. The van der Waals surface area contributed by atoms with Crippen molar-refractivity contribution in [3.63, 3.8) is 0 Å². The summed E-state index contributed by atoms with van der Waals surface area (Å²) in [5.41, 5.74) is 0.581. The Morgan fingerprint density at radius 2 is 1.52 bits per heavy atom. The van der Waals surface area contributed by atoms with Crippen LogP contribution in [0.5, 0.6) is 0 Å². The summed E-state index contributed by atoms with van der Waals surface area (Å²) in [6.07, 6.45) is 17.4. The summed E-state index contributed by atoms with van der Waals surface area (Å²) in [5.74, 6) is 3.15. The molecule has 0 saturated heterocycles. The minimum Gasteiger partial charge on any atom is -0.0654 e. The van der Waals surface area contributed by atoms with Gasteiger partial charge >= 0.3 is 0 Å². The van der Waals surface area contributed by atoms with Gasteiger partial charge in [0.05, 0.1) is 0 Å². The smallest absolute Gasteiger partial charge is 0.0349 e. The van der Waals surface area contributed by atoms with E-state index in [0.29, 0.717) is 5.41 Å². The Balaban J connectivity index is 2.35. The van der Waals surface area contributed by atoms with Gasteiger partial charge in [0.25, 0.3) is 0 Å². The molecule has 0 radical (unpaired) electrons. The first-order chi connectivity index (χ1) is 10.0. The molecule has 1 fully saturated rings. The van der Waals surface area contributed by atoms with Crippen LogP contribution < -0.4 is 0 Å². The number of hydrogen-bond acceptors (Lipinski definition) is 0. The molecule has 3 unspecified atom stereocenters. The Kier molecular flexibility index (Phi) is 8.98. The largest absolute Gasteiger partial charge is 0.0654 e. The molecule has 0 amide bonds. The van der Waals surface area contributed by atoms with Gasteiger partial charge in [-0.05, 0) is 42.4 Å². The molecule has 21 heavy (non-hydrogen) atoms. The highest BCUT2D eigenvalue weighted by atomic mass is 14.4. The van der Waals surface area contributed by atoms with E-state index in [2.05, 4.69) is 34.6 Å². The molecule has 126 valence electrons. The lowest BCUT2D eigenvalue weighted by Gasteiger charge is -2.30. The molecule has 1 rings (SSSR count). The molecule has 0 aliphatic heterocycles. The fourth-order valence-corrected chi connectivity index (χ4v) is 4.38. The Labute approximate surface area is 135 Å². The SMILES string of the molecule is CCCCCC(CCCC)CC(C)(C)CC1CC1CCC. The first kappa shape index (κ1) is 19.0. The summed E-state index contributed by atoms with van der Waals surface area (Å²) in [6, 6.07) is 0. The lowest BCUT2D eigenvalue weighted by atomic mass is 9.75. The molecule has 0 aromatic carbocycles. The van der Waals surface area contributed by atoms with E-state index in [9.17, 15) is 0 Å². The van der Waals surface area contributed by atoms with E-state index >= 15 is 0 Å². The average Bonchev–Trinajstić information content (AvgIpc) is 3.13. The highest BCUT2D eigenvalue weighted by Gasteiger charge is 2.39. The van der Waals surface area contributed by atoms with Crippen LogP contribution >= 0.6 is 0 Å². The van der Waals surface area contributed by atoms with E-state index in [1.807, 2.05) is 0 Å². The van der Waals surface area contributed by atoms with Crippen LogP contribution in [-0.2, 0) is 0 Å². The zero-order valence-corrected chi connectivity index (χ0v) is 15.7. The fourth-order valence-electron chi connectivity index (χ4n) is 4.38. The van der Waals surface area contributed by atoms with Crippen molar-refractivity contribution < 1.29 is 0 Å². The standard InChI is InChI=1S/C21H42/c1-6-9-11-14-18(13-10-7-2)16-21(4,5)17-20-15-19(20)12-8-3/h18-20H,6-17H2,1-5H3. The van der Waals surface area contributed by atoms with Crippen molar-refractivity contribution in [2.75, 3.05) is 0 Å². The van der Waals surface area contributed by atoms with Crippen molar-refractivity contribution in [3.8, 4) is 0 Å². The molecule has 0 N–H and O–H groups in total. The lowest BCUT2D eigenvalue weighted by Crippen LogP contribution is -2.18. The van der Waals surface area contributed by atoms with Gasteiger partial charge in [0.1, 0.15) is 0 Å². The molecule has 1 aliphatic rings. The Hall–Kier alpha value is 0. The van der Waals surface area contributed by atoms with Crippen LogP contribution in [0.15, 0.2) is 0 Å². The number of unbranched alkanes of at least 4 members (excludes halogenated alkanes) is 3. The summed E-state index contributed by atoms with van der Waals surface area (Å²) in [7, 11) is 0. The molecular formula is C21H42. The first-order valence-corrected chi connectivity index (χ1v) is 10.0. The van der Waals surface area contributed by atoms with Gasteiger partial charge in [-0.15, -0.1) is 0 Å². The lowest BCUT2D eigenvalue weighted by molar-refractivity contribution is 0.211. The van der Waals surface area contributed by atoms with Crippen molar-refractivity contribution in [2.45, 2.75) is 112 Å². The third-order valence-electron chi connectivity index (χ3n) is 5.57. The van der Waals surface area contributed by atoms with E-state index in [1.54, 1.807) is 0 Å². The molecule has 3 atom stereocenters. The third kappa shape index (κ3) is 8.27. The molecule has 0 heteroatoms. The normalized spacial score (nSPS) is 23.3. The third-order valence-corrected chi connectivity index (χ3v) is 5.57. The Bertz CT molecular complexity index is 253. The summed E-state index contributed by atoms with van der Waals surface area (Å²) in [5, 5.41) is 0. The maximum absolute atomic E-state index is 2.55. The van der Waals surface area contributed by atoms with Crippen molar-refractivity contribution >= 4 is 0 Å². The average molecular weight is 295 g/mol. The molecule has 1 aliphatic carbocycles. The number of rotatable bonds is 13. The highest BCUT2D eigenvalue weighted by molar-refractivity contribution is 4.90. The zero-order valence-electron chi connectivity index (χ0n) is 15.7. The van der Waals surface area contributed by atoms with Crippen LogP contribution in [-0.4, -0.2) is 0 Å². The Morgan fingerprint density at radius 3 is 2.14 bits per heavy atom. The van der Waals surface area contributed by atoms with E-state index in [4.69, 9.17) is 0 Å². The predicted molar refractivity (Wildman–Crippen MR) is 96.7 cm³/mol. The van der Waals surface area contributed by atoms with Gasteiger partial charge in [-0.25, -0.2) is 0 Å². The summed E-state index contributed by atoms with van der Waals surface area (Å²) in [4.78, 5) is 0. The van der Waals surface area contributed by atoms with Gasteiger partial charge in [-0.3, -0.25) is 0 Å². The van der Waals surface area contributed by atoms with Gasteiger partial charge in [0.2, 0.25) is 0 Å². The first-order valence-electron chi connectivity index (χ1n) is 10.0. The van der Waals surface area contributed by atoms with Crippen LogP contribution in [0.2, 0.25) is 0 Å². The fraction of sp³-hybridized carbons (Fsp3) is 1.00. The van der Waals surface area contributed by atoms with Gasteiger partial charge in [0, 0.05) is 0 Å². The molecular weight excluding hydrogens is 252 g/mol. The van der Waals surface area contributed by atoms with Crippen LogP contribution in [0, 0.1) is 23.2 Å². The summed E-state index contributed by atoms with van der Waals surface area (Å²) in [6.45, 7) is 12.1. The maximum atomic E-state index is 2.55. The molecule has 0 bridgehead atoms. The minimum atomic E-state index is 0.581. The topological polar surface area (TPSA) is 0 Å². The van der Waals surface area contributed by atoms with E-state index in [0.717, 1.165) is 17.8 Å². The minimum absolute atomic E-state index is 0.581. The van der Waals surface area contributed by atoms with Crippen LogP contribution in [0.1, 0.15) is 112 Å². The van der Waals surface area contributed by atoms with Crippen molar-refractivity contribution in [2.24, 2.45) is 23.2 Å². The van der Waals surface area contributed by atoms with Crippen LogP contribution in [0.25, 0.3) is 0 Å². The molecule has 0 heterocycles. The second-order valence-electron chi connectivity index (χ2n) is 8.62. The van der Waals surface area contributed by atoms with Crippen molar-refractivity contribution in [3.05, 3.63) is 0 Å². The second-order valence-corrected chi connectivity index (χ2v) is 8.62. The van der Waals surface area contributed by atoms with Crippen molar-refractivity contribution in [1.82, 2.24) is 0 Å². The molecule has 0 aromatic rings. The van der Waals surface area contributed by atoms with Crippen LogP contribution in [0.3, 0.4) is 0 Å². The van der Waals surface area contributed by atoms with Gasteiger partial charge < -0.3 is 0 Å². The van der Waals surface area contributed by atoms with Gasteiger partial charge in [0.15, 0.2) is 0 Å². The molecule has 1 saturated carbocycles. The summed E-state index contributed by atoms with van der Waals surface area (Å²) >= 11 is 0. The maximum Gasteiger partial charge on any atom is -0.0349 e. The molecule has 0 spiro atoms. The van der Waals surface area contributed by atoms with Gasteiger partial charge in [-0.2, -0.15) is 0 Å². The second kappa shape index (κ2) is 9.90. The van der Waals surface area contributed by atoms with Crippen LogP contribution in [0.4, 0.5) is 0 Å². The quantitative estimate of drug-likeness (QED) is 0.306. The monoisotopic (exact) mass is 294 g/mol. The van der Waals surface area contributed by atoms with Crippen molar-refractivity contribution in [1.29, 1.82) is 0 Å². The zero-order chi connectivity index (χ0) is 15.7. The molecule has 0 aromatic heterocycles. The summed E-state index contributed by atoms with van der Waals surface area (Å²) < 4.78 is 0. The molecule has 0 nitrogen and oxygen atoms in total. The number of hydrogen-bond donors (Lipinski definition) is 0. The Morgan fingerprint density at radius 1 is 0.857 bits per heavy atom. The highest BCUT2D eigenvalue weighted by Crippen LogP contribution is 2.50.